The third kappa shape index (κ3) is 5.08. The zero-order chi connectivity index (χ0) is 17.4. The lowest BCUT2D eigenvalue weighted by atomic mass is 10.0. The third-order valence-electron chi connectivity index (χ3n) is 3.70. The molecule has 4 nitrogen and oxygen atoms in total. The van der Waals surface area contributed by atoms with Gasteiger partial charge >= 0.3 is 11.9 Å². The van der Waals surface area contributed by atoms with Crippen molar-refractivity contribution in [1.82, 2.24) is 0 Å². The van der Waals surface area contributed by atoms with Crippen LogP contribution in [-0.2, 0) is 32.3 Å². The second kappa shape index (κ2) is 9.06. The van der Waals surface area contributed by atoms with E-state index in [0.29, 0.717) is 12.8 Å². The summed E-state index contributed by atoms with van der Waals surface area (Å²) >= 11 is 0. The Hall–Kier alpha value is -2.36. The van der Waals surface area contributed by atoms with Gasteiger partial charge in [-0.2, -0.15) is 0 Å². The maximum atomic E-state index is 11.6. The fraction of sp³-hybridized carbons (Fsp3) is 0.400. The fourth-order valence-corrected chi connectivity index (χ4v) is 2.54. The number of ether oxygens (including phenoxy) is 2. The Morgan fingerprint density at radius 2 is 1.50 bits per heavy atom. The minimum Gasteiger partial charge on any atom is -0.461 e. The summed E-state index contributed by atoms with van der Waals surface area (Å²) < 4.78 is 10.6. The normalized spacial score (nSPS) is 10.6. The van der Waals surface area contributed by atoms with Crippen LogP contribution in [0.4, 0.5) is 0 Å². The van der Waals surface area contributed by atoms with Crippen molar-refractivity contribution >= 4 is 22.7 Å². The largest absolute Gasteiger partial charge is 0.461 e. The van der Waals surface area contributed by atoms with Crippen molar-refractivity contribution < 1.29 is 19.1 Å². The molecule has 0 bridgehead atoms. The summed E-state index contributed by atoms with van der Waals surface area (Å²) in [5.74, 6) is -0.386. The van der Waals surface area contributed by atoms with Crippen LogP contribution in [0.3, 0.4) is 0 Å². The van der Waals surface area contributed by atoms with Crippen LogP contribution in [0, 0.1) is 0 Å². The molecule has 0 aliphatic heterocycles. The summed E-state index contributed by atoms with van der Waals surface area (Å²) in [6.07, 6.45) is 2.39. The number of hydrogen-bond donors (Lipinski definition) is 0. The number of fused-ring (bicyclic) bond motifs is 1. The fourth-order valence-electron chi connectivity index (χ4n) is 2.54. The molecular weight excluding hydrogens is 304 g/mol. The first-order chi connectivity index (χ1) is 11.6. The number of carbonyl (C=O) groups excluding carboxylic acids is 2. The second-order valence-electron chi connectivity index (χ2n) is 5.80. The summed E-state index contributed by atoms with van der Waals surface area (Å²) in [6.45, 7) is 4.36. The molecule has 0 fully saturated rings. The van der Waals surface area contributed by atoms with Crippen molar-refractivity contribution in [1.29, 1.82) is 0 Å². The van der Waals surface area contributed by atoms with Crippen molar-refractivity contribution in [3.63, 3.8) is 0 Å². The Balaban J connectivity index is 2.17. The predicted octanol–water partition coefficient (Wildman–Crippen LogP) is 4.53. The van der Waals surface area contributed by atoms with Gasteiger partial charge in [0.05, 0.1) is 0 Å². The molecule has 0 saturated carbocycles. The molecule has 2 aromatic rings. The quantitative estimate of drug-likeness (QED) is 0.668. The van der Waals surface area contributed by atoms with E-state index in [1.54, 1.807) is 0 Å². The molecule has 0 aliphatic carbocycles. The zero-order valence-electron chi connectivity index (χ0n) is 14.3. The first-order valence-corrected chi connectivity index (χ1v) is 8.45. The van der Waals surface area contributed by atoms with E-state index < -0.39 is 0 Å². The highest BCUT2D eigenvalue weighted by atomic mass is 16.5. The van der Waals surface area contributed by atoms with E-state index in [2.05, 4.69) is 0 Å². The van der Waals surface area contributed by atoms with E-state index >= 15 is 0 Å². The molecule has 0 saturated heterocycles. The van der Waals surface area contributed by atoms with Gasteiger partial charge in [0.2, 0.25) is 0 Å². The van der Waals surface area contributed by atoms with E-state index in [9.17, 15) is 9.59 Å². The van der Waals surface area contributed by atoms with Crippen LogP contribution in [0.15, 0.2) is 36.4 Å². The molecule has 0 spiro atoms. The van der Waals surface area contributed by atoms with Gasteiger partial charge in [0.25, 0.3) is 0 Å². The van der Waals surface area contributed by atoms with Crippen molar-refractivity contribution in [3.05, 3.63) is 47.5 Å². The van der Waals surface area contributed by atoms with Gasteiger partial charge in [-0.25, -0.2) is 0 Å². The maximum absolute atomic E-state index is 11.6. The lowest BCUT2D eigenvalue weighted by Crippen LogP contribution is -2.06. The van der Waals surface area contributed by atoms with Crippen molar-refractivity contribution in [2.75, 3.05) is 0 Å². The summed E-state index contributed by atoms with van der Waals surface area (Å²) in [4.78, 5) is 23.2. The molecule has 0 atom stereocenters. The van der Waals surface area contributed by atoms with Gasteiger partial charge in [-0.3, -0.25) is 9.59 Å². The molecule has 0 heterocycles. The van der Waals surface area contributed by atoms with Crippen LogP contribution in [-0.4, -0.2) is 11.9 Å². The van der Waals surface area contributed by atoms with Gasteiger partial charge in [-0.15, -0.1) is 0 Å². The molecule has 0 amide bonds. The molecule has 0 unspecified atom stereocenters. The highest BCUT2D eigenvalue weighted by Crippen LogP contribution is 2.23. The Bertz CT molecular complexity index is 706. The van der Waals surface area contributed by atoms with E-state index in [0.717, 1.165) is 34.7 Å². The lowest BCUT2D eigenvalue weighted by Gasteiger charge is -2.11. The molecule has 2 aromatic carbocycles. The van der Waals surface area contributed by atoms with Crippen LogP contribution in [0.2, 0.25) is 0 Å². The van der Waals surface area contributed by atoms with Gasteiger partial charge < -0.3 is 9.47 Å². The smallest absolute Gasteiger partial charge is 0.306 e. The van der Waals surface area contributed by atoms with Gasteiger partial charge in [0.15, 0.2) is 0 Å². The van der Waals surface area contributed by atoms with Gasteiger partial charge in [-0.05, 0) is 46.9 Å². The van der Waals surface area contributed by atoms with E-state index in [1.165, 1.54) is 0 Å². The maximum Gasteiger partial charge on any atom is 0.306 e. The molecule has 4 heteroatoms. The van der Waals surface area contributed by atoms with Crippen LogP contribution in [0.25, 0.3) is 10.8 Å². The first-order valence-electron chi connectivity index (χ1n) is 8.45. The van der Waals surface area contributed by atoms with Crippen LogP contribution in [0.5, 0.6) is 0 Å². The SMILES string of the molecule is CCCC(=O)OCc1cc(COC(=O)CCC)c2ccccc2c1. The minimum absolute atomic E-state index is 0.193. The second-order valence-corrected chi connectivity index (χ2v) is 5.80. The molecule has 2 rings (SSSR count). The molecule has 0 aromatic heterocycles. The number of hydrogen-bond acceptors (Lipinski definition) is 4. The highest BCUT2D eigenvalue weighted by molar-refractivity contribution is 5.86. The highest BCUT2D eigenvalue weighted by Gasteiger charge is 2.09. The third-order valence-corrected chi connectivity index (χ3v) is 3.70. The minimum atomic E-state index is -0.193. The van der Waals surface area contributed by atoms with Gasteiger partial charge in [-0.1, -0.05) is 38.1 Å². The monoisotopic (exact) mass is 328 g/mol. The topological polar surface area (TPSA) is 52.6 Å². The van der Waals surface area contributed by atoms with E-state index in [4.69, 9.17) is 9.47 Å². The van der Waals surface area contributed by atoms with Crippen molar-refractivity contribution in [2.24, 2.45) is 0 Å². The van der Waals surface area contributed by atoms with Crippen molar-refractivity contribution in [2.45, 2.75) is 52.7 Å². The number of carbonyl (C=O) groups is 2. The van der Waals surface area contributed by atoms with E-state index in [-0.39, 0.29) is 25.2 Å². The molecule has 0 radical (unpaired) electrons. The van der Waals surface area contributed by atoms with E-state index in [1.807, 2.05) is 50.2 Å². The average molecular weight is 328 g/mol. The Kier molecular flexibility index (Phi) is 6.79. The average Bonchev–Trinajstić information content (AvgIpc) is 2.58. The molecule has 0 aliphatic rings. The summed E-state index contributed by atoms with van der Waals surface area (Å²) in [5, 5.41) is 2.09. The van der Waals surface area contributed by atoms with Gasteiger partial charge in [0.1, 0.15) is 13.2 Å². The first kappa shape index (κ1) is 18.0. The van der Waals surface area contributed by atoms with Gasteiger partial charge in [0, 0.05) is 12.8 Å². The number of esters is 2. The Morgan fingerprint density at radius 1 is 0.875 bits per heavy atom. The molecule has 128 valence electrons. The molecule has 24 heavy (non-hydrogen) atoms. The number of rotatable bonds is 8. The zero-order valence-corrected chi connectivity index (χ0v) is 14.3. The summed E-state index contributed by atoms with van der Waals surface area (Å²) in [6, 6.07) is 11.9. The predicted molar refractivity (Wildman–Crippen MR) is 93.4 cm³/mol. The molecular formula is C20H24O4. The molecule has 0 N–H and O–H groups in total. The lowest BCUT2D eigenvalue weighted by molar-refractivity contribution is -0.145. The number of benzene rings is 2. The van der Waals surface area contributed by atoms with Crippen LogP contribution in [0.1, 0.15) is 50.7 Å². The Morgan fingerprint density at radius 3 is 2.17 bits per heavy atom. The summed E-state index contributed by atoms with van der Waals surface area (Å²) in [5.41, 5.74) is 1.83. The Labute approximate surface area is 142 Å². The van der Waals surface area contributed by atoms with Crippen molar-refractivity contribution in [3.8, 4) is 0 Å². The standard InChI is InChI=1S/C20H24O4/c1-3-7-19(21)23-13-15-11-16-9-5-6-10-18(16)17(12-15)14-24-20(22)8-4-2/h5-6,9-12H,3-4,7-8,13-14H2,1-2H3. The summed E-state index contributed by atoms with van der Waals surface area (Å²) in [7, 11) is 0. The van der Waals surface area contributed by atoms with Crippen LogP contribution < -0.4 is 0 Å². The van der Waals surface area contributed by atoms with Crippen LogP contribution >= 0.6 is 0 Å².